The maximum atomic E-state index is 12.4. The summed E-state index contributed by atoms with van der Waals surface area (Å²) in [6.45, 7) is 2.56. The number of nitrogens with one attached hydrogen (secondary N) is 1. The zero-order chi connectivity index (χ0) is 21.8. The predicted octanol–water partition coefficient (Wildman–Crippen LogP) is 2.51. The van der Waals surface area contributed by atoms with E-state index < -0.39 is 18.3 Å². The Balaban J connectivity index is 1.78. The summed E-state index contributed by atoms with van der Waals surface area (Å²) < 4.78 is 0. The van der Waals surface area contributed by atoms with Gasteiger partial charge in [-0.05, 0) is 62.8 Å². The summed E-state index contributed by atoms with van der Waals surface area (Å²) in [5, 5.41) is 35.7. The first-order valence-corrected chi connectivity index (χ1v) is 11.2. The number of unbranched alkanes of at least 4 members (excludes halogenated alkanes) is 1. The topological polar surface area (TPSA) is 92.6 Å². The van der Waals surface area contributed by atoms with Gasteiger partial charge in [0, 0.05) is 13.0 Å². The van der Waals surface area contributed by atoms with Gasteiger partial charge in [-0.1, -0.05) is 54.6 Å². The molecule has 1 amide bonds. The number of carbonyl (C=O) groups is 1. The standard InChI is InChI=1S/C25H36NO4/c1-2-26-25(30)13-9-4-3-8-12-21-22(24(29)18-23(21)28)17-16-20(27)15-14-19-10-6-5-7-11-19/h3,5-8,10-11,16-17,20-24,27-28H,2,4,9,12-15,18H2,1H3,(H,26,30)/q-1/b8-3-,17-16+/t20-,21+,22+,23-,24?/m0/s1. The minimum atomic E-state index is -0.839. The highest BCUT2D eigenvalue weighted by molar-refractivity contribution is 5.75. The highest BCUT2D eigenvalue weighted by Crippen LogP contribution is 2.35. The van der Waals surface area contributed by atoms with Crippen molar-refractivity contribution in [2.45, 2.75) is 70.2 Å². The van der Waals surface area contributed by atoms with Crippen molar-refractivity contribution in [3.63, 3.8) is 0 Å². The van der Waals surface area contributed by atoms with Gasteiger partial charge in [0.1, 0.15) is 0 Å². The van der Waals surface area contributed by atoms with E-state index in [0.29, 0.717) is 25.8 Å². The van der Waals surface area contributed by atoms with Gasteiger partial charge >= 0.3 is 0 Å². The smallest absolute Gasteiger partial charge is 0.219 e. The lowest BCUT2D eigenvalue weighted by molar-refractivity contribution is -0.426. The Morgan fingerprint density at radius 2 is 2.07 bits per heavy atom. The average molecular weight is 415 g/mol. The Labute approximate surface area is 180 Å². The summed E-state index contributed by atoms with van der Waals surface area (Å²) in [7, 11) is 0. The highest BCUT2D eigenvalue weighted by Gasteiger charge is 2.34. The van der Waals surface area contributed by atoms with Crippen LogP contribution in [0.1, 0.15) is 51.0 Å². The van der Waals surface area contributed by atoms with Crippen LogP contribution in [-0.2, 0) is 11.2 Å². The molecule has 1 aliphatic carbocycles. The van der Waals surface area contributed by atoms with E-state index in [4.69, 9.17) is 0 Å². The Bertz CT molecular complexity index is 673. The van der Waals surface area contributed by atoms with Crippen LogP contribution < -0.4 is 10.4 Å². The van der Waals surface area contributed by atoms with Gasteiger partial charge in [-0.15, -0.1) is 6.10 Å². The molecule has 1 fully saturated rings. The van der Waals surface area contributed by atoms with E-state index in [1.165, 1.54) is 5.56 Å². The molecular weight excluding hydrogens is 378 g/mol. The molecule has 1 saturated carbocycles. The van der Waals surface area contributed by atoms with Crippen molar-refractivity contribution >= 4 is 5.91 Å². The lowest BCUT2D eigenvalue weighted by Gasteiger charge is -2.25. The third-order valence-electron chi connectivity index (χ3n) is 5.74. The van der Waals surface area contributed by atoms with Gasteiger partial charge in [0.15, 0.2) is 0 Å². The molecule has 0 bridgehead atoms. The monoisotopic (exact) mass is 414 g/mol. The SMILES string of the molecule is CCNC(=O)CCC/C=C\C[C@H]1[C@@H](O)CC([O-])[C@@H]1/C=C/[C@@H](O)CCc1ccccc1. The molecule has 166 valence electrons. The van der Waals surface area contributed by atoms with E-state index in [9.17, 15) is 20.1 Å². The molecule has 2 rings (SSSR count). The molecule has 1 aromatic rings. The lowest BCUT2D eigenvalue weighted by Crippen LogP contribution is -2.30. The van der Waals surface area contributed by atoms with Crippen molar-refractivity contribution in [3.8, 4) is 0 Å². The minimum absolute atomic E-state index is 0.0716. The van der Waals surface area contributed by atoms with Crippen LogP contribution in [0.4, 0.5) is 0 Å². The molecule has 5 atom stereocenters. The van der Waals surface area contributed by atoms with Gasteiger partial charge in [0.2, 0.25) is 5.91 Å². The lowest BCUT2D eigenvalue weighted by atomic mass is 9.89. The van der Waals surface area contributed by atoms with Crippen LogP contribution in [0.3, 0.4) is 0 Å². The molecule has 5 nitrogen and oxygen atoms in total. The summed E-state index contributed by atoms with van der Waals surface area (Å²) in [5.74, 6) is -0.321. The maximum absolute atomic E-state index is 12.4. The fourth-order valence-corrected chi connectivity index (χ4v) is 4.03. The Morgan fingerprint density at radius 3 is 2.80 bits per heavy atom. The van der Waals surface area contributed by atoms with Crippen molar-refractivity contribution in [1.29, 1.82) is 0 Å². The van der Waals surface area contributed by atoms with E-state index in [0.717, 1.165) is 19.3 Å². The van der Waals surface area contributed by atoms with Crippen molar-refractivity contribution in [2.75, 3.05) is 6.54 Å². The first-order valence-electron chi connectivity index (χ1n) is 11.2. The number of aliphatic hydroxyl groups excluding tert-OH is 2. The first kappa shape index (κ1) is 24.3. The van der Waals surface area contributed by atoms with Crippen LogP contribution in [0.5, 0.6) is 0 Å². The van der Waals surface area contributed by atoms with E-state index in [1.807, 2.05) is 55.5 Å². The summed E-state index contributed by atoms with van der Waals surface area (Å²) in [5.41, 5.74) is 1.18. The molecule has 0 heterocycles. The molecule has 30 heavy (non-hydrogen) atoms. The molecule has 1 unspecified atom stereocenters. The largest absolute Gasteiger partial charge is 0.851 e. The van der Waals surface area contributed by atoms with Crippen molar-refractivity contribution in [3.05, 3.63) is 60.2 Å². The van der Waals surface area contributed by atoms with Crippen LogP contribution >= 0.6 is 0 Å². The molecular formula is C25H36NO4-. The molecule has 0 aliphatic heterocycles. The molecule has 0 radical (unpaired) electrons. The summed E-state index contributed by atoms with van der Waals surface area (Å²) in [6.07, 6.45) is 9.92. The van der Waals surface area contributed by atoms with Crippen LogP contribution in [0.2, 0.25) is 0 Å². The van der Waals surface area contributed by atoms with Gasteiger partial charge in [0.05, 0.1) is 12.2 Å². The summed E-state index contributed by atoms with van der Waals surface area (Å²) in [6, 6.07) is 10.0. The molecule has 0 spiro atoms. The Kier molecular flexibility index (Phi) is 10.8. The second kappa shape index (κ2) is 13.4. The van der Waals surface area contributed by atoms with Gasteiger partial charge in [-0.3, -0.25) is 4.79 Å². The number of benzene rings is 1. The van der Waals surface area contributed by atoms with E-state index in [-0.39, 0.29) is 24.2 Å². The second-order valence-corrected chi connectivity index (χ2v) is 8.11. The molecule has 1 aromatic carbocycles. The van der Waals surface area contributed by atoms with Crippen molar-refractivity contribution in [2.24, 2.45) is 11.8 Å². The van der Waals surface area contributed by atoms with Gasteiger partial charge in [0.25, 0.3) is 0 Å². The van der Waals surface area contributed by atoms with Crippen LogP contribution in [-0.4, -0.2) is 41.0 Å². The fourth-order valence-electron chi connectivity index (χ4n) is 4.03. The number of hydrogen-bond donors (Lipinski definition) is 3. The van der Waals surface area contributed by atoms with Crippen LogP contribution in [0.15, 0.2) is 54.6 Å². The molecule has 0 saturated heterocycles. The summed E-state index contributed by atoms with van der Waals surface area (Å²) in [4.78, 5) is 11.4. The molecule has 3 N–H and O–H groups in total. The van der Waals surface area contributed by atoms with Crippen LogP contribution in [0, 0.1) is 11.8 Å². The van der Waals surface area contributed by atoms with Gasteiger partial charge < -0.3 is 20.6 Å². The Morgan fingerprint density at radius 1 is 1.30 bits per heavy atom. The van der Waals surface area contributed by atoms with E-state index >= 15 is 0 Å². The zero-order valence-electron chi connectivity index (χ0n) is 18.0. The predicted molar refractivity (Wildman–Crippen MR) is 118 cm³/mol. The number of allylic oxidation sites excluding steroid dienone is 2. The number of amides is 1. The van der Waals surface area contributed by atoms with Crippen molar-refractivity contribution < 1.29 is 20.1 Å². The third-order valence-corrected chi connectivity index (χ3v) is 5.74. The highest BCUT2D eigenvalue weighted by atomic mass is 16.3. The average Bonchev–Trinajstić information content (AvgIpc) is 3.00. The number of rotatable bonds is 12. The fraction of sp³-hybridized carbons (Fsp3) is 0.560. The quantitative estimate of drug-likeness (QED) is 0.362. The van der Waals surface area contributed by atoms with Gasteiger partial charge in [-0.2, -0.15) is 0 Å². The van der Waals surface area contributed by atoms with Crippen molar-refractivity contribution in [1.82, 2.24) is 5.32 Å². The third kappa shape index (κ3) is 8.42. The second-order valence-electron chi connectivity index (χ2n) is 8.11. The van der Waals surface area contributed by atoms with E-state index in [1.54, 1.807) is 6.08 Å². The number of hydrogen-bond acceptors (Lipinski definition) is 4. The molecule has 0 aromatic heterocycles. The van der Waals surface area contributed by atoms with E-state index in [2.05, 4.69) is 5.32 Å². The Hall–Kier alpha value is -1.95. The number of aryl methyl sites for hydroxylation is 1. The first-order chi connectivity index (χ1) is 14.5. The maximum Gasteiger partial charge on any atom is 0.219 e. The van der Waals surface area contributed by atoms with Crippen LogP contribution in [0.25, 0.3) is 0 Å². The van der Waals surface area contributed by atoms with Gasteiger partial charge in [-0.25, -0.2) is 0 Å². The molecule has 5 heteroatoms. The minimum Gasteiger partial charge on any atom is -0.851 e. The molecule has 1 aliphatic rings. The zero-order valence-corrected chi connectivity index (χ0v) is 18.0. The number of carbonyl (C=O) groups excluding carboxylic acids is 1. The number of aliphatic hydroxyl groups is 2. The summed E-state index contributed by atoms with van der Waals surface area (Å²) >= 11 is 0. The normalized spacial score (nSPS) is 25.2.